The van der Waals surface area contributed by atoms with Gasteiger partial charge in [-0.3, -0.25) is 0 Å². The van der Waals surface area contributed by atoms with Crippen molar-refractivity contribution >= 4 is 24.0 Å². The molecule has 0 heterocycles. The maximum Gasteiger partial charge on any atom is 0.0474 e. The van der Waals surface area contributed by atoms with Gasteiger partial charge in [0.25, 0.3) is 0 Å². The largest absolute Gasteiger partial charge is 0.344 e. The molecule has 0 spiro atoms. The van der Waals surface area contributed by atoms with Gasteiger partial charge in [0.2, 0.25) is 0 Å². The summed E-state index contributed by atoms with van der Waals surface area (Å²) in [6.45, 7) is 0. The van der Waals surface area contributed by atoms with Gasteiger partial charge in [0.1, 0.15) is 0 Å². The highest BCUT2D eigenvalue weighted by molar-refractivity contribution is 6.17. The number of hydrogen-bond acceptors (Lipinski definition) is 2. The van der Waals surface area contributed by atoms with Gasteiger partial charge in [-0.15, -0.1) is 24.0 Å². The van der Waals surface area contributed by atoms with Crippen molar-refractivity contribution in [2.24, 2.45) is 5.73 Å². The van der Waals surface area contributed by atoms with Gasteiger partial charge in [0.05, 0.1) is 0 Å². The van der Waals surface area contributed by atoms with Crippen LogP contribution in [0.1, 0.15) is 5.56 Å². The molecule has 0 unspecified atom stereocenters. The van der Waals surface area contributed by atoms with E-state index >= 15 is 0 Å². The van der Waals surface area contributed by atoms with Crippen LogP contribution in [0.4, 0.5) is 0 Å². The second-order valence-electron chi connectivity index (χ2n) is 1.62. The van der Waals surface area contributed by atoms with Gasteiger partial charge in [-0.05, 0) is 12.6 Å². The van der Waals surface area contributed by atoms with Gasteiger partial charge in [-0.2, -0.15) is 0 Å². The summed E-state index contributed by atoms with van der Waals surface area (Å²) in [5.41, 5.74) is 5.68. The lowest BCUT2D eigenvalue weighted by molar-refractivity contribution is 1.41. The van der Waals surface area contributed by atoms with Crippen LogP contribution in [0.3, 0.4) is 0 Å². The Morgan fingerprint density at radius 3 is 1.83 bits per heavy atom. The maximum absolute atomic E-state index is 5.53. The fourth-order valence-corrected chi connectivity index (χ4v) is 0.745. The van der Waals surface area contributed by atoms with Crippen molar-refractivity contribution in [1.29, 1.82) is 0 Å². The van der Waals surface area contributed by atoms with Gasteiger partial charge in [0, 0.05) is 5.88 Å². The van der Waals surface area contributed by atoms with Crippen LogP contribution in [0.2, 0.25) is 0 Å². The molecule has 0 aromatic heterocycles. The van der Waals surface area contributed by atoms with E-state index in [0.29, 0.717) is 5.88 Å². The minimum atomic E-state index is 0. The summed E-state index contributed by atoms with van der Waals surface area (Å²) in [5.74, 6) is 0.612. The summed E-state index contributed by atoms with van der Waals surface area (Å²) in [5, 5.41) is 0. The van der Waals surface area contributed by atoms with E-state index in [1.54, 1.807) is 0 Å². The topological polar surface area (TPSA) is 61.0 Å². The summed E-state index contributed by atoms with van der Waals surface area (Å²) < 4.78 is 0. The minimum Gasteiger partial charge on any atom is -0.344 e. The summed E-state index contributed by atoms with van der Waals surface area (Å²) in [4.78, 5) is 0. The standard InChI is InChI=1S/C7H7Cl.CH5N.ClH.H3N/c8-6-7-4-2-1-3-5-7;1-2;;/h1-5H,6H2;2H2,1H3;1H;1H3. The Kier molecular flexibility index (Phi) is 19.7. The van der Waals surface area contributed by atoms with E-state index < -0.39 is 0 Å². The third-order valence-electron chi connectivity index (χ3n) is 0.997. The molecular weight excluding hydrogens is 195 g/mol. The SMILES string of the molecule is CN.Cl.ClCc1ccccc1.N. The first kappa shape index (κ1) is 17.7. The van der Waals surface area contributed by atoms with Gasteiger partial charge < -0.3 is 11.9 Å². The number of nitrogens with two attached hydrogens (primary N) is 1. The monoisotopic (exact) mass is 210 g/mol. The van der Waals surface area contributed by atoms with Crippen LogP contribution in [0, 0.1) is 0 Å². The predicted molar refractivity (Wildman–Crippen MR) is 58.4 cm³/mol. The average Bonchev–Trinajstić information content (AvgIpc) is 2.10. The normalized spacial score (nSPS) is 6.58. The van der Waals surface area contributed by atoms with Gasteiger partial charge in [0.15, 0.2) is 0 Å². The van der Waals surface area contributed by atoms with Gasteiger partial charge >= 0.3 is 0 Å². The molecule has 0 saturated heterocycles. The molecule has 0 amide bonds. The zero-order chi connectivity index (χ0) is 7.82. The molecule has 12 heavy (non-hydrogen) atoms. The first-order valence-electron chi connectivity index (χ1n) is 3.11. The number of alkyl halides is 1. The molecule has 0 aliphatic rings. The van der Waals surface area contributed by atoms with E-state index in [2.05, 4.69) is 5.73 Å². The van der Waals surface area contributed by atoms with E-state index in [1.165, 1.54) is 12.6 Å². The van der Waals surface area contributed by atoms with E-state index in [0.717, 1.165) is 0 Å². The predicted octanol–water partition coefficient (Wildman–Crippen LogP) is 2.58. The van der Waals surface area contributed by atoms with Gasteiger partial charge in [-0.1, -0.05) is 30.3 Å². The van der Waals surface area contributed by atoms with E-state index in [4.69, 9.17) is 11.6 Å². The summed E-state index contributed by atoms with van der Waals surface area (Å²) in [6, 6.07) is 9.96. The number of hydrogen-bond donors (Lipinski definition) is 2. The molecular formula is C8H16Cl2N2. The second-order valence-corrected chi connectivity index (χ2v) is 1.89. The van der Waals surface area contributed by atoms with E-state index in [-0.39, 0.29) is 18.6 Å². The Hall–Kier alpha value is -0.280. The second kappa shape index (κ2) is 13.3. The van der Waals surface area contributed by atoms with E-state index in [1.807, 2.05) is 30.3 Å². The average molecular weight is 211 g/mol. The van der Waals surface area contributed by atoms with Crippen LogP contribution in [-0.2, 0) is 5.88 Å². The Labute approximate surface area is 85.1 Å². The fourth-order valence-electron chi connectivity index (χ4n) is 0.567. The van der Waals surface area contributed by atoms with Crippen molar-refractivity contribution in [3.8, 4) is 0 Å². The zero-order valence-corrected chi connectivity index (χ0v) is 8.74. The third-order valence-corrected chi connectivity index (χ3v) is 1.31. The summed E-state index contributed by atoms with van der Waals surface area (Å²) in [7, 11) is 1.50. The molecule has 1 aromatic carbocycles. The van der Waals surface area contributed by atoms with Crippen molar-refractivity contribution in [3.05, 3.63) is 35.9 Å². The zero-order valence-electron chi connectivity index (χ0n) is 7.16. The molecule has 4 heteroatoms. The summed E-state index contributed by atoms with van der Waals surface area (Å²) >= 11 is 5.53. The molecule has 0 atom stereocenters. The quantitative estimate of drug-likeness (QED) is 0.701. The molecule has 5 N–H and O–H groups in total. The first-order valence-corrected chi connectivity index (χ1v) is 3.64. The number of benzene rings is 1. The molecule has 72 valence electrons. The molecule has 1 aromatic rings. The highest BCUT2D eigenvalue weighted by Crippen LogP contribution is 2.00. The molecule has 2 nitrogen and oxygen atoms in total. The molecule has 0 radical (unpaired) electrons. The molecule has 0 bridgehead atoms. The van der Waals surface area contributed by atoms with Crippen molar-refractivity contribution < 1.29 is 0 Å². The first-order chi connectivity index (χ1) is 4.93. The highest BCUT2D eigenvalue weighted by Gasteiger charge is 1.81. The van der Waals surface area contributed by atoms with Gasteiger partial charge in [-0.25, -0.2) is 0 Å². The lowest BCUT2D eigenvalue weighted by Crippen LogP contribution is -1.71. The highest BCUT2D eigenvalue weighted by atomic mass is 35.5. The maximum atomic E-state index is 5.53. The molecule has 1 rings (SSSR count). The van der Waals surface area contributed by atoms with Crippen LogP contribution in [0.15, 0.2) is 30.3 Å². The lowest BCUT2D eigenvalue weighted by Gasteiger charge is -1.88. The van der Waals surface area contributed by atoms with Crippen LogP contribution in [0.5, 0.6) is 0 Å². The Bertz CT molecular complexity index is 156. The van der Waals surface area contributed by atoms with Crippen LogP contribution in [0.25, 0.3) is 0 Å². The Morgan fingerprint density at radius 1 is 1.17 bits per heavy atom. The molecule has 0 aliphatic heterocycles. The van der Waals surface area contributed by atoms with E-state index in [9.17, 15) is 0 Å². The molecule has 0 fully saturated rings. The summed E-state index contributed by atoms with van der Waals surface area (Å²) in [6.07, 6.45) is 0. The molecule has 0 aliphatic carbocycles. The third kappa shape index (κ3) is 7.82. The smallest absolute Gasteiger partial charge is 0.0474 e. The Morgan fingerprint density at radius 2 is 1.58 bits per heavy atom. The van der Waals surface area contributed by atoms with Crippen LogP contribution < -0.4 is 11.9 Å². The number of rotatable bonds is 1. The minimum absolute atomic E-state index is 0. The van der Waals surface area contributed by atoms with Crippen molar-refractivity contribution in [2.45, 2.75) is 5.88 Å². The lowest BCUT2D eigenvalue weighted by atomic mass is 10.2. The van der Waals surface area contributed by atoms with Crippen molar-refractivity contribution in [3.63, 3.8) is 0 Å². The molecule has 0 saturated carbocycles. The van der Waals surface area contributed by atoms with Crippen molar-refractivity contribution in [1.82, 2.24) is 6.15 Å². The van der Waals surface area contributed by atoms with Crippen molar-refractivity contribution in [2.75, 3.05) is 7.05 Å². The van der Waals surface area contributed by atoms with Crippen LogP contribution >= 0.6 is 24.0 Å². The number of halogens is 2. The fraction of sp³-hybridized carbons (Fsp3) is 0.250. The van der Waals surface area contributed by atoms with Crippen LogP contribution in [-0.4, -0.2) is 7.05 Å². The Balaban J connectivity index is -0.000000189.